The van der Waals surface area contributed by atoms with Crippen molar-refractivity contribution in [3.05, 3.63) is 0 Å². The molecule has 2 heteroatoms. The SMILES string of the molecule is CC(C(C)(C)C)[Si](C)(C)Cl. The Morgan fingerprint density at radius 2 is 1.50 bits per heavy atom. The molecule has 1 atom stereocenters. The lowest BCUT2D eigenvalue weighted by molar-refractivity contribution is 0.390. The lowest BCUT2D eigenvalue weighted by atomic mass is 9.93. The minimum Gasteiger partial charge on any atom is -0.167 e. The Hall–Kier alpha value is 0.507. The molecule has 0 aliphatic heterocycles. The van der Waals surface area contributed by atoms with Gasteiger partial charge in [-0.05, 0) is 11.0 Å². The normalized spacial score (nSPS) is 17.1. The van der Waals surface area contributed by atoms with Crippen LogP contribution in [0.25, 0.3) is 0 Å². The molecule has 0 aliphatic carbocycles. The highest BCUT2D eigenvalue weighted by Crippen LogP contribution is 2.40. The molecule has 0 radical (unpaired) electrons. The Balaban J connectivity index is 4.23. The van der Waals surface area contributed by atoms with Crippen molar-refractivity contribution in [1.82, 2.24) is 0 Å². The molecular formula is C8H19ClSi. The molecule has 0 aliphatic rings. The van der Waals surface area contributed by atoms with Crippen molar-refractivity contribution in [2.24, 2.45) is 5.41 Å². The summed E-state index contributed by atoms with van der Waals surface area (Å²) < 4.78 is 0. The molecule has 0 saturated carbocycles. The van der Waals surface area contributed by atoms with Gasteiger partial charge in [-0.1, -0.05) is 40.8 Å². The summed E-state index contributed by atoms with van der Waals surface area (Å²) in [5.74, 6) is 0. The zero-order chi connectivity index (χ0) is 8.58. The van der Waals surface area contributed by atoms with Crippen LogP contribution >= 0.6 is 11.1 Å². The predicted molar refractivity (Wildman–Crippen MR) is 52.2 cm³/mol. The van der Waals surface area contributed by atoms with E-state index in [0.29, 0.717) is 11.0 Å². The van der Waals surface area contributed by atoms with E-state index in [9.17, 15) is 0 Å². The molecular weight excluding hydrogens is 160 g/mol. The van der Waals surface area contributed by atoms with E-state index in [2.05, 4.69) is 40.8 Å². The molecule has 0 rings (SSSR count). The van der Waals surface area contributed by atoms with Gasteiger partial charge in [0.05, 0.1) is 0 Å². The maximum atomic E-state index is 6.31. The summed E-state index contributed by atoms with van der Waals surface area (Å²) in [6, 6.07) is 0. The number of halogens is 1. The molecule has 0 amide bonds. The lowest BCUT2D eigenvalue weighted by Gasteiger charge is -2.34. The van der Waals surface area contributed by atoms with Crippen LogP contribution in [0.1, 0.15) is 27.7 Å². The van der Waals surface area contributed by atoms with Crippen molar-refractivity contribution in [3.8, 4) is 0 Å². The summed E-state index contributed by atoms with van der Waals surface area (Å²) in [4.78, 5) is 0. The topological polar surface area (TPSA) is 0 Å². The van der Waals surface area contributed by atoms with Crippen LogP contribution in [0, 0.1) is 5.41 Å². The van der Waals surface area contributed by atoms with Gasteiger partial charge in [-0.2, -0.15) is 11.1 Å². The van der Waals surface area contributed by atoms with Crippen LogP contribution in [-0.2, 0) is 0 Å². The first-order valence-electron chi connectivity index (χ1n) is 3.84. The summed E-state index contributed by atoms with van der Waals surface area (Å²) in [7, 11) is -1.42. The van der Waals surface area contributed by atoms with Crippen LogP contribution in [-0.4, -0.2) is 7.38 Å². The molecule has 0 aromatic heterocycles. The van der Waals surface area contributed by atoms with Gasteiger partial charge in [0.2, 0.25) is 0 Å². The van der Waals surface area contributed by atoms with Gasteiger partial charge < -0.3 is 0 Å². The van der Waals surface area contributed by atoms with E-state index in [1.807, 2.05) is 0 Å². The second kappa shape index (κ2) is 2.86. The highest BCUT2D eigenvalue weighted by Gasteiger charge is 2.34. The van der Waals surface area contributed by atoms with E-state index in [1.165, 1.54) is 0 Å². The van der Waals surface area contributed by atoms with E-state index in [1.54, 1.807) is 0 Å². The minimum atomic E-state index is -1.42. The van der Waals surface area contributed by atoms with E-state index >= 15 is 0 Å². The average molecular weight is 179 g/mol. The molecule has 62 valence electrons. The Labute approximate surface area is 70.7 Å². The van der Waals surface area contributed by atoms with Crippen molar-refractivity contribution in [1.29, 1.82) is 0 Å². The van der Waals surface area contributed by atoms with Crippen LogP contribution in [0.15, 0.2) is 0 Å². The smallest absolute Gasteiger partial charge is 0.153 e. The first-order valence-corrected chi connectivity index (χ1v) is 7.93. The standard InChI is InChI=1S/C8H19ClSi/c1-7(8(2,3)4)10(5,6)9/h7H,1-6H3. The second-order valence-electron chi connectivity index (χ2n) is 4.65. The van der Waals surface area contributed by atoms with E-state index in [0.717, 1.165) is 0 Å². The molecule has 0 fully saturated rings. The van der Waals surface area contributed by atoms with Gasteiger partial charge in [0.25, 0.3) is 0 Å². The maximum absolute atomic E-state index is 6.31. The third-order valence-corrected chi connectivity index (χ3v) is 6.24. The zero-order valence-corrected chi connectivity index (χ0v) is 9.71. The van der Waals surface area contributed by atoms with Crippen molar-refractivity contribution >= 4 is 18.5 Å². The molecule has 0 spiro atoms. The van der Waals surface area contributed by atoms with Gasteiger partial charge in [0.1, 0.15) is 0 Å². The fraction of sp³-hybridized carbons (Fsp3) is 1.00. The van der Waals surface area contributed by atoms with Crippen LogP contribution in [0.4, 0.5) is 0 Å². The third kappa shape index (κ3) is 3.06. The zero-order valence-electron chi connectivity index (χ0n) is 7.96. The second-order valence-corrected chi connectivity index (χ2v) is 11.6. The van der Waals surface area contributed by atoms with Crippen molar-refractivity contribution in [3.63, 3.8) is 0 Å². The van der Waals surface area contributed by atoms with Crippen molar-refractivity contribution in [2.45, 2.75) is 46.3 Å². The third-order valence-electron chi connectivity index (χ3n) is 2.33. The van der Waals surface area contributed by atoms with Gasteiger partial charge in [0.15, 0.2) is 7.38 Å². The fourth-order valence-corrected chi connectivity index (χ4v) is 4.07. The minimum absolute atomic E-state index is 0.372. The molecule has 0 aromatic rings. The van der Waals surface area contributed by atoms with Gasteiger partial charge >= 0.3 is 0 Å². The predicted octanol–water partition coefficient (Wildman–Crippen LogP) is 3.87. The maximum Gasteiger partial charge on any atom is 0.153 e. The van der Waals surface area contributed by atoms with Gasteiger partial charge in [-0.25, -0.2) is 0 Å². The Bertz CT molecular complexity index is 93.4. The lowest BCUT2D eigenvalue weighted by Crippen LogP contribution is -2.32. The molecule has 0 bridgehead atoms. The summed E-state index contributed by atoms with van der Waals surface area (Å²) in [5, 5.41) is 0. The Kier molecular flexibility index (Phi) is 3.01. The molecule has 1 unspecified atom stereocenters. The van der Waals surface area contributed by atoms with E-state index in [-0.39, 0.29) is 0 Å². The van der Waals surface area contributed by atoms with Crippen molar-refractivity contribution in [2.75, 3.05) is 0 Å². The van der Waals surface area contributed by atoms with Crippen LogP contribution in [0.2, 0.25) is 18.6 Å². The van der Waals surface area contributed by atoms with Crippen LogP contribution < -0.4 is 0 Å². The van der Waals surface area contributed by atoms with Crippen LogP contribution in [0.3, 0.4) is 0 Å². The summed E-state index contributed by atoms with van der Waals surface area (Å²) in [6.45, 7) is 13.5. The van der Waals surface area contributed by atoms with E-state index in [4.69, 9.17) is 11.1 Å². The molecule has 10 heavy (non-hydrogen) atoms. The van der Waals surface area contributed by atoms with Gasteiger partial charge in [-0.3, -0.25) is 0 Å². The monoisotopic (exact) mass is 178 g/mol. The van der Waals surface area contributed by atoms with E-state index < -0.39 is 7.38 Å². The fourth-order valence-electron chi connectivity index (χ4n) is 1.03. The Morgan fingerprint density at radius 1 is 1.20 bits per heavy atom. The summed E-state index contributed by atoms with van der Waals surface area (Å²) >= 11 is 6.31. The van der Waals surface area contributed by atoms with Gasteiger partial charge in [0, 0.05) is 0 Å². The summed E-state index contributed by atoms with van der Waals surface area (Å²) in [5.41, 5.74) is 1.04. The highest BCUT2D eigenvalue weighted by atomic mass is 35.6. The van der Waals surface area contributed by atoms with Crippen LogP contribution in [0.5, 0.6) is 0 Å². The number of hydrogen-bond donors (Lipinski definition) is 0. The molecule has 0 heterocycles. The van der Waals surface area contributed by atoms with Crippen molar-refractivity contribution < 1.29 is 0 Å². The van der Waals surface area contributed by atoms with Gasteiger partial charge in [-0.15, -0.1) is 0 Å². The number of rotatable bonds is 1. The highest BCUT2D eigenvalue weighted by molar-refractivity contribution is 7.19. The first-order chi connectivity index (χ1) is 4.15. The summed E-state index contributed by atoms with van der Waals surface area (Å²) in [6.07, 6.45) is 0. The molecule has 0 saturated heterocycles. The molecule has 0 N–H and O–H groups in total. The average Bonchev–Trinajstić information content (AvgIpc) is 1.59. The quantitative estimate of drug-likeness (QED) is 0.423. The number of hydrogen-bond acceptors (Lipinski definition) is 0. The Morgan fingerprint density at radius 3 is 1.50 bits per heavy atom. The molecule has 0 aromatic carbocycles. The largest absolute Gasteiger partial charge is 0.167 e. The molecule has 0 nitrogen and oxygen atoms in total. The first kappa shape index (κ1) is 10.5.